The normalized spacial score (nSPS) is 10.2. The molecule has 2 aromatic carbocycles. The van der Waals surface area contributed by atoms with E-state index in [1.54, 1.807) is 24.3 Å². The minimum atomic E-state index is -0.565. The number of methoxy groups -OCH3 is 1. The Balaban J connectivity index is 2.30. The van der Waals surface area contributed by atoms with E-state index in [0.29, 0.717) is 5.69 Å². The van der Waals surface area contributed by atoms with Crippen LogP contribution in [0, 0.1) is 6.92 Å². The first-order chi connectivity index (χ1) is 12.9. The minimum absolute atomic E-state index is 0.208. The van der Waals surface area contributed by atoms with Gasteiger partial charge in [0.05, 0.1) is 18.4 Å². The monoisotopic (exact) mass is 368 g/mol. The molecule has 0 atom stereocenters. The van der Waals surface area contributed by atoms with E-state index >= 15 is 0 Å². The average Bonchev–Trinajstić information content (AvgIpc) is 2.66. The Morgan fingerprint density at radius 3 is 2.41 bits per heavy atom. The summed E-state index contributed by atoms with van der Waals surface area (Å²) in [6, 6.07) is 12.4. The molecular formula is C21H24N2O4. The van der Waals surface area contributed by atoms with Crippen molar-refractivity contribution in [3.8, 4) is 0 Å². The van der Waals surface area contributed by atoms with Crippen LogP contribution in [0.3, 0.4) is 0 Å². The zero-order chi connectivity index (χ0) is 20.0. The average molecular weight is 368 g/mol. The molecule has 0 heterocycles. The van der Waals surface area contributed by atoms with Crippen molar-refractivity contribution >= 4 is 29.2 Å². The maximum absolute atomic E-state index is 12.7. The molecule has 0 aromatic heterocycles. The van der Waals surface area contributed by atoms with Gasteiger partial charge >= 0.3 is 5.97 Å². The summed E-state index contributed by atoms with van der Waals surface area (Å²) in [5, 5.41) is 2.90. The van der Waals surface area contributed by atoms with Crippen LogP contribution in [0.5, 0.6) is 0 Å². The Hall–Kier alpha value is -3.15. The lowest BCUT2D eigenvalue weighted by Gasteiger charge is -2.23. The molecule has 0 saturated carbocycles. The van der Waals surface area contributed by atoms with E-state index < -0.39 is 5.97 Å². The molecule has 0 aliphatic heterocycles. The summed E-state index contributed by atoms with van der Waals surface area (Å²) < 4.78 is 4.78. The molecular weight excluding hydrogens is 344 g/mol. The molecule has 2 aromatic rings. The fourth-order valence-electron chi connectivity index (χ4n) is 2.88. The lowest BCUT2D eigenvalue weighted by molar-refractivity contribution is -0.120. The second kappa shape index (κ2) is 8.98. The predicted octanol–water partition coefficient (Wildman–Crippen LogP) is 3.34. The van der Waals surface area contributed by atoms with Crippen molar-refractivity contribution in [1.29, 1.82) is 0 Å². The van der Waals surface area contributed by atoms with Gasteiger partial charge in [-0.25, -0.2) is 4.79 Å². The van der Waals surface area contributed by atoms with Crippen LogP contribution in [0.2, 0.25) is 0 Å². The number of esters is 1. The Kier molecular flexibility index (Phi) is 6.71. The Morgan fingerprint density at radius 2 is 1.78 bits per heavy atom. The van der Waals surface area contributed by atoms with Gasteiger partial charge in [0.15, 0.2) is 0 Å². The number of benzene rings is 2. The summed E-state index contributed by atoms with van der Waals surface area (Å²) in [5.41, 5.74) is 3.30. The first kappa shape index (κ1) is 20.2. The van der Waals surface area contributed by atoms with E-state index in [4.69, 9.17) is 4.74 Å². The highest BCUT2D eigenvalue weighted by Gasteiger charge is 2.22. The van der Waals surface area contributed by atoms with Gasteiger partial charge in [0.1, 0.15) is 6.54 Å². The lowest BCUT2D eigenvalue weighted by atomic mass is 10.1. The fraction of sp³-hybridized carbons (Fsp3) is 0.286. The Labute approximate surface area is 159 Å². The van der Waals surface area contributed by atoms with Gasteiger partial charge < -0.3 is 15.0 Å². The molecule has 6 nitrogen and oxygen atoms in total. The number of rotatable bonds is 6. The summed E-state index contributed by atoms with van der Waals surface area (Å²) >= 11 is 0. The van der Waals surface area contributed by atoms with Crippen molar-refractivity contribution in [2.45, 2.75) is 27.2 Å². The van der Waals surface area contributed by atoms with E-state index in [-0.39, 0.29) is 23.9 Å². The summed E-state index contributed by atoms with van der Waals surface area (Å²) in [5.74, 6) is -1.25. The lowest BCUT2D eigenvalue weighted by Crippen LogP contribution is -2.37. The van der Waals surface area contributed by atoms with Gasteiger partial charge in [0.25, 0.3) is 0 Å². The number of carbonyl (C=O) groups is 3. The van der Waals surface area contributed by atoms with Crippen LogP contribution in [0.4, 0.5) is 11.4 Å². The molecule has 0 spiro atoms. The number of hydrogen-bond acceptors (Lipinski definition) is 4. The third-order valence-electron chi connectivity index (χ3n) is 4.29. The maximum Gasteiger partial charge on any atom is 0.339 e. The smallest absolute Gasteiger partial charge is 0.339 e. The predicted molar refractivity (Wildman–Crippen MR) is 105 cm³/mol. The Morgan fingerprint density at radius 1 is 1.07 bits per heavy atom. The van der Waals surface area contributed by atoms with E-state index in [9.17, 15) is 14.4 Å². The highest BCUT2D eigenvalue weighted by atomic mass is 16.5. The highest BCUT2D eigenvalue weighted by molar-refractivity contribution is 6.06. The molecule has 0 saturated heterocycles. The van der Waals surface area contributed by atoms with Crippen molar-refractivity contribution in [2.75, 3.05) is 23.9 Å². The fourth-order valence-corrected chi connectivity index (χ4v) is 2.88. The molecule has 0 radical (unpaired) electrons. The summed E-state index contributed by atoms with van der Waals surface area (Å²) in [4.78, 5) is 38.1. The van der Waals surface area contributed by atoms with Crippen LogP contribution in [0.1, 0.15) is 35.3 Å². The highest BCUT2D eigenvalue weighted by Crippen LogP contribution is 2.23. The van der Waals surface area contributed by atoms with Crippen LogP contribution in [0.25, 0.3) is 0 Å². The molecule has 0 bridgehead atoms. The maximum atomic E-state index is 12.7. The van der Waals surface area contributed by atoms with Crippen molar-refractivity contribution in [3.05, 3.63) is 59.2 Å². The number of hydrogen-bond donors (Lipinski definition) is 1. The molecule has 0 unspecified atom stereocenters. The number of amides is 2. The number of para-hydroxylation sites is 2. The number of carbonyl (C=O) groups excluding carboxylic acids is 3. The second-order valence-corrected chi connectivity index (χ2v) is 6.12. The number of nitrogens with zero attached hydrogens (tertiary/aromatic N) is 1. The van der Waals surface area contributed by atoms with Crippen molar-refractivity contribution < 1.29 is 19.1 Å². The molecule has 0 aliphatic rings. The van der Waals surface area contributed by atoms with Gasteiger partial charge in [-0.2, -0.15) is 0 Å². The van der Waals surface area contributed by atoms with Crippen LogP contribution in [-0.2, 0) is 20.7 Å². The van der Waals surface area contributed by atoms with E-state index in [0.717, 1.165) is 23.2 Å². The third-order valence-corrected chi connectivity index (χ3v) is 4.29. The van der Waals surface area contributed by atoms with Crippen LogP contribution < -0.4 is 10.2 Å². The number of nitrogens with one attached hydrogen (secondary N) is 1. The molecule has 2 rings (SSSR count). The van der Waals surface area contributed by atoms with Gasteiger partial charge in [0.2, 0.25) is 11.8 Å². The SMILES string of the molecule is CCc1cccc(C)c1NC(=O)CN(C(C)=O)c1ccccc1C(=O)OC. The largest absolute Gasteiger partial charge is 0.465 e. The third kappa shape index (κ3) is 4.73. The molecule has 1 N–H and O–H groups in total. The second-order valence-electron chi connectivity index (χ2n) is 6.12. The summed E-state index contributed by atoms with van der Waals surface area (Å²) in [6.45, 7) is 5.08. The number of ether oxygens (including phenoxy) is 1. The first-order valence-corrected chi connectivity index (χ1v) is 8.72. The molecule has 0 fully saturated rings. The first-order valence-electron chi connectivity index (χ1n) is 8.72. The van der Waals surface area contributed by atoms with Crippen molar-refractivity contribution in [3.63, 3.8) is 0 Å². The zero-order valence-electron chi connectivity index (χ0n) is 16.0. The van der Waals surface area contributed by atoms with Crippen LogP contribution >= 0.6 is 0 Å². The molecule has 2 amide bonds. The minimum Gasteiger partial charge on any atom is -0.465 e. The van der Waals surface area contributed by atoms with E-state index in [1.807, 2.05) is 32.0 Å². The zero-order valence-corrected chi connectivity index (χ0v) is 16.0. The summed E-state index contributed by atoms with van der Waals surface area (Å²) in [7, 11) is 1.27. The number of aryl methyl sites for hydroxylation is 2. The molecule has 6 heteroatoms. The quantitative estimate of drug-likeness (QED) is 0.794. The van der Waals surface area contributed by atoms with Gasteiger partial charge in [-0.3, -0.25) is 9.59 Å². The van der Waals surface area contributed by atoms with Crippen LogP contribution in [0.15, 0.2) is 42.5 Å². The van der Waals surface area contributed by atoms with Gasteiger partial charge in [-0.05, 0) is 36.6 Å². The topological polar surface area (TPSA) is 75.7 Å². The van der Waals surface area contributed by atoms with Crippen molar-refractivity contribution in [1.82, 2.24) is 0 Å². The Bertz CT molecular complexity index is 861. The number of anilines is 2. The van der Waals surface area contributed by atoms with Crippen molar-refractivity contribution in [2.24, 2.45) is 0 Å². The van der Waals surface area contributed by atoms with Gasteiger partial charge in [-0.15, -0.1) is 0 Å². The van der Waals surface area contributed by atoms with Gasteiger partial charge in [0, 0.05) is 12.6 Å². The van der Waals surface area contributed by atoms with E-state index in [2.05, 4.69) is 5.32 Å². The molecule has 27 heavy (non-hydrogen) atoms. The van der Waals surface area contributed by atoms with Crippen LogP contribution in [-0.4, -0.2) is 31.4 Å². The van der Waals surface area contributed by atoms with E-state index in [1.165, 1.54) is 18.9 Å². The van der Waals surface area contributed by atoms with Gasteiger partial charge in [-0.1, -0.05) is 37.3 Å². The summed E-state index contributed by atoms with van der Waals surface area (Å²) in [6.07, 6.45) is 0.777. The molecule has 142 valence electrons. The molecule has 0 aliphatic carbocycles. The standard InChI is InChI=1S/C21H24N2O4/c1-5-16-10-8-9-14(2)20(16)22-19(25)13-23(15(3)24)18-12-7-6-11-17(18)21(26)27-4/h6-12H,5,13H2,1-4H3,(H,22,25).